The van der Waals surface area contributed by atoms with Gasteiger partial charge in [-0.1, -0.05) is 11.8 Å². The molecular formula is C19H21N3O5S2. The lowest BCUT2D eigenvalue weighted by molar-refractivity contribution is 0.101. The number of nitrogens with zero attached hydrogens (tertiary/aromatic N) is 2. The predicted molar refractivity (Wildman–Crippen MR) is 111 cm³/mol. The number of ether oxygens (including phenoxy) is 2. The first-order valence-electron chi connectivity index (χ1n) is 8.69. The number of primary sulfonamides is 1. The Labute approximate surface area is 173 Å². The van der Waals surface area contributed by atoms with Crippen LogP contribution >= 0.6 is 11.8 Å². The minimum absolute atomic E-state index is 0.00125. The molecule has 0 radical (unpaired) electrons. The second-order valence-electron chi connectivity index (χ2n) is 6.11. The maximum absolute atomic E-state index is 12.7. The number of rotatable bonds is 8. The van der Waals surface area contributed by atoms with Gasteiger partial charge in [0, 0.05) is 12.6 Å². The Balaban J connectivity index is 1.87. The van der Waals surface area contributed by atoms with Crippen molar-refractivity contribution < 1.29 is 22.7 Å². The molecule has 2 aromatic carbocycles. The van der Waals surface area contributed by atoms with E-state index < -0.39 is 10.0 Å². The van der Waals surface area contributed by atoms with Crippen molar-refractivity contribution in [2.24, 2.45) is 5.14 Å². The molecule has 2 N–H and O–H groups in total. The molecule has 1 heterocycles. The summed E-state index contributed by atoms with van der Waals surface area (Å²) in [5.74, 6) is 1.07. The first-order chi connectivity index (χ1) is 13.8. The number of ketones is 1. The number of carbonyl (C=O) groups excluding carboxylic acids is 1. The van der Waals surface area contributed by atoms with E-state index in [-0.39, 0.29) is 16.4 Å². The number of hydrogen-bond acceptors (Lipinski definition) is 7. The summed E-state index contributed by atoms with van der Waals surface area (Å²) in [5.41, 5.74) is 1.74. The molecule has 0 bridgehead atoms. The highest BCUT2D eigenvalue weighted by Gasteiger charge is 2.18. The summed E-state index contributed by atoms with van der Waals surface area (Å²) in [5, 5.41) is 5.82. The van der Waals surface area contributed by atoms with Crippen molar-refractivity contribution in [1.29, 1.82) is 0 Å². The number of methoxy groups -OCH3 is 2. The molecule has 0 saturated carbocycles. The lowest BCUT2D eigenvalue weighted by Gasteiger charge is -2.10. The zero-order valence-electron chi connectivity index (χ0n) is 16.2. The third kappa shape index (κ3) is 4.39. The van der Waals surface area contributed by atoms with E-state index >= 15 is 0 Å². The molecule has 0 atom stereocenters. The summed E-state index contributed by atoms with van der Waals surface area (Å²) in [6.07, 6.45) is 0. The molecular weight excluding hydrogens is 414 g/mol. The van der Waals surface area contributed by atoms with Crippen molar-refractivity contribution in [1.82, 2.24) is 9.55 Å². The van der Waals surface area contributed by atoms with Crippen LogP contribution in [0.15, 0.2) is 46.5 Å². The van der Waals surface area contributed by atoms with Crippen molar-refractivity contribution in [2.75, 3.05) is 20.0 Å². The third-order valence-corrected chi connectivity index (χ3v) is 6.26. The molecule has 0 unspecified atom stereocenters. The molecule has 10 heteroatoms. The number of nitrogens with two attached hydrogens (primary N) is 1. The average molecular weight is 436 g/mol. The number of imidazole rings is 1. The van der Waals surface area contributed by atoms with Crippen LogP contribution in [0, 0.1) is 0 Å². The minimum atomic E-state index is -3.81. The smallest absolute Gasteiger partial charge is 0.238 e. The number of Topliss-reactive ketones (excluding diaryl/α,β-unsaturated/α-hetero) is 1. The first kappa shape index (κ1) is 21.2. The molecule has 0 fully saturated rings. The molecule has 0 saturated heterocycles. The summed E-state index contributed by atoms with van der Waals surface area (Å²) in [6, 6.07) is 9.60. The fraction of sp³-hybridized carbons (Fsp3) is 0.263. The van der Waals surface area contributed by atoms with Gasteiger partial charge in [-0.15, -0.1) is 0 Å². The van der Waals surface area contributed by atoms with Gasteiger partial charge < -0.3 is 14.0 Å². The van der Waals surface area contributed by atoms with Crippen molar-refractivity contribution in [3.05, 3.63) is 42.0 Å². The average Bonchev–Trinajstić information content (AvgIpc) is 3.07. The molecule has 0 aliphatic carbocycles. The zero-order valence-corrected chi connectivity index (χ0v) is 17.8. The number of fused-ring (bicyclic) bond motifs is 1. The van der Waals surface area contributed by atoms with Crippen molar-refractivity contribution >= 4 is 38.6 Å². The van der Waals surface area contributed by atoms with E-state index in [1.807, 2.05) is 11.5 Å². The standard InChI is InChI=1S/C19H21N3O5S2/c1-4-22-16-8-6-13(29(20,24)25)10-15(16)21-19(22)28-11-17(23)14-7-5-12(26-2)9-18(14)27-3/h5-10H,4,11H2,1-3H3,(H2,20,24,25). The fourth-order valence-corrected chi connectivity index (χ4v) is 4.41. The van der Waals surface area contributed by atoms with Gasteiger partial charge in [0.2, 0.25) is 10.0 Å². The van der Waals surface area contributed by atoms with Gasteiger partial charge in [-0.25, -0.2) is 18.5 Å². The number of carbonyl (C=O) groups is 1. The lowest BCUT2D eigenvalue weighted by atomic mass is 10.1. The monoisotopic (exact) mass is 435 g/mol. The molecule has 3 aromatic rings. The van der Waals surface area contributed by atoms with Crippen LogP contribution in [0.2, 0.25) is 0 Å². The first-order valence-corrected chi connectivity index (χ1v) is 11.2. The topological polar surface area (TPSA) is 114 Å². The second kappa shape index (κ2) is 8.44. The van der Waals surface area contributed by atoms with Crippen LogP contribution in [0.1, 0.15) is 17.3 Å². The highest BCUT2D eigenvalue weighted by atomic mass is 32.2. The van der Waals surface area contributed by atoms with Crippen LogP contribution < -0.4 is 14.6 Å². The van der Waals surface area contributed by atoms with E-state index in [9.17, 15) is 13.2 Å². The predicted octanol–water partition coefficient (Wildman–Crippen LogP) is 2.70. The Morgan fingerprint density at radius 3 is 2.55 bits per heavy atom. The number of benzene rings is 2. The number of aromatic nitrogens is 2. The Hall–Kier alpha value is -2.56. The van der Waals surface area contributed by atoms with Gasteiger partial charge in [0.25, 0.3) is 0 Å². The third-order valence-electron chi connectivity index (χ3n) is 4.37. The van der Waals surface area contributed by atoms with E-state index in [4.69, 9.17) is 14.6 Å². The van der Waals surface area contributed by atoms with Crippen LogP contribution in [0.3, 0.4) is 0 Å². The number of sulfonamides is 1. The van der Waals surface area contributed by atoms with Crippen LogP contribution in [0.5, 0.6) is 11.5 Å². The van der Waals surface area contributed by atoms with Crippen LogP contribution in [0.25, 0.3) is 11.0 Å². The summed E-state index contributed by atoms with van der Waals surface area (Å²) < 4.78 is 35.6. The van der Waals surface area contributed by atoms with Crippen LogP contribution in [0.4, 0.5) is 0 Å². The Kier molecular flexibility index (Phi) is 6.15. The summed E-state index contributed by atoms with van der Waals surface area (Å²) in [7, 11) is -0.772. The van der Waals surface area contributed by atoms with Gasteiger partial charge in [0.15, 0.2) is 10.9 Å². The van der Waals surface area contributed by atoms with E-state index in [0.717, 1.165) is 5.52 Å². The number of aryl methyl sites for hydroxylation is 1. The van der Waals surface area contributed by atoms with Gasteiger partial charge in [-0.2, -0.15) is 0 Å². The van der Waals surface area contributed by atoms with Gasteiger partial charge in [-0.3, -0.25) is 4.79 Å². The molecule has 0 aliphatic rings. The maximum atomic E-state index is 12.7. The van der Waals surface area contributed by atoms with Gasteiger partial charge in [0.1, 0.15) is 11.5 Å². The second-order valence-corrected chi connectivity index (χ2v) is 8.62. The summed E-state index contributed by atoms with van der Waals surface area (Å²) >= 11 is 1.28. The van der Waals surface area contributed by atoms with E-state index in [2.05, 4.69) is 4.98 Å². The molecule has 8 nitrogen and oxygen atoms in total. The quantitative estimate of drug-likeness (QED) is 0.427. The van der Waals surface area contributed by atoms with Gasteiger partial charge >= 0.3 is 0 Å². The Morgan fingerprint density at radius 1 is 1.17 bits per heavy atom. The fourth-order valence-electron chi connectivity index (χ4n) is 2.92. The highest BCUT2D eigenvalue weighted by Crippen LogP contribution is 2.29. The van der Waals surface area contributed by atoms with Crippen LogP contribution in [-0.2, 0) is 16.6 Å². The molecule has 0 amide bonds. The highest BCUT2D eigenvalue weighted by molar-refractivity contribution is 7.99. The van der Waals surface area contributed by atoms with Crippen molar-refractivity contribution in [3.8, 4) is 11.5 Å². The number of thioether (sulfide) groups is 1. The maximum Gasteiger partial charge on any atom is 0.238 e. The summed E-state index contributed by atoms with van der Waals surface area (Å²) in [4.78, 5) is 17.2. The molecule has 0 aliphatic heterocycles. The van der Waals surface area contributed by atoms with Crippen molar-refractivity contribution in [2.45, 2.75) is 23.5 Å². The normalized spacial score (nSPS) is 11.6. The molecule has 1 aromatic heterocycles. The van der Waals surface area contributed by atoms with E-state index in [1.54, 1.807) is 31.4 Å². The SMILES string of the molecule is CCn1c(SCC(=O)c2ccc(OC)cc2OC)nc2cc(S(N)(=O)=O)ccc21. The van der Waals surface area contributed by atoms with E-state index in [0.29, 0.717) is 34.3 Å². The van der Waals surface area contributed by atoms with Crippen LogP contribution in [-0.4, -0.2) is 43.7 Å². The Bertz CT molecular complexity index is 1170. The molecule has 3 rings (SSSR count). The zero-order chi connectivity index (χ0) is 21.2. The lowest BCUT2D eigenvalue weighted by Crippen LogP contribution is -2.11. The van der Waals surface area contributed by atoms with Gasteiger partial charge in [0.05, 0.1) is 41.5 Å². The van der Waals surface area contributed by atoms with Gasteiger partial charge in [-0.05, 0) is 37.3 Å². The minimum Gasteiger partial charge on any atom is -0.497 e. The largest absolute Gasteiger partial charge is 0.497 e. The van der Waals surface area contributed by atoms with Crippen molar-refractivity contribution in [3.63, 3.8) is 0 Å². The summed E-state index contributed by atoms with van der Waals surface area (Å²) in [6.45, 7) is 2.57. The molecule has 29 heavy (non-hydrogen) atoms. The molecule has 154 valence electrons. The Morgan fingerprint density at radius 2 is 1.93 bits per heavy atom. The van der Waals surface area contributed by atoms with E-state index in [1.165, 1.54) is 31.0 Å². The molecule has 0 spiro atoms. The number of hydrogen-bond donors (Lipinski definition) is 1.